The third kappa shape index (κ3) is 4.67. The van der Waals surface area contributed by atoms with E-state index in [1.165, 1.54) is 0 Å². The van der Waals surface area contributed by atoms with Crippen LogP contribution in [-0.2, 0) is 0 Å². The van der Waals surface area contributed by atoms with Crippen LogP contribution in [0.4, 0.5) is 10.5 Å². The minimum absolute atomic E-state index is 0.201. The fraction of sp³-hybridized carbons (Fsp3) is 0.235. The van der Waals surface area contributed by atoms with Crippen LogP contribution in [0, 0.1) is 6.92 Å². The van der Waals surface area contributed by atoms with E-state index in [9.17, 15) is 4.79 Å². The van der Waals surface area contributed by atoms with E-state index in [-0.39, 0.29) is 6.03 Å². The van der Waals surface area contributed by atoms with Crippen LogP contribution in [0.25, 0.3) is 0 Å². The fourth-order valence-corrected chi connectivity index (χ4v) is 2.01. The highest BCUT2D eigenvalue weighted by Gasteiger charge is 2.05. The molecule has 2 aromatic carbocycles. The number of benzene rings is 2. The zero-order chi connectivity index (χ0) is 15.9. The number of carbonyl (C=O) groups is 1. The van der Waals surface area contributed by atoms with Crippen molar-refractivity contribution < 1.29 is 9.53 Å². The van der Waals surface area contributed by atoms with E-state index >= 15 is 0 Å². The average Bonchev–Trinajstić information content (AvgIpc) is 2.50. The van der Waals surface area contributed by atoms with Gasteiger partial charge in [-0.2, -0.15) is 0 Å². The van der Waals surface area contributed by atoms with Crippen LogP contribution in [0.1, 0.15) is 18.9 Å². The maximum Gasteiger partial charge on any atom is 0.319 e. The van der Waals surface area contributed by atoms with Crippen molar-refractivity contribution in [2.75, 3.05) is 11.9 Å². The Hall–Kier alpha value is -2.20. The zero-order valence-corrected chi connectivity index (χ0v) is 13.4. The quantitative estimate of drug-likeness (QED) is 0.817. The summed E-state index contributed by atoms with van der Waals surface area (Å²) in [7, 11) is 0. The predicted molar refractivity (Wildman–Crippen MR) is 90.0 cm³/mol. The summed E-state index contributed by atoms with van der Waals surface area (Å²) in [5, 5.41) is 6.23. The molecule has 0 bridgehead atoms. The lowest BCUT2D eigenvalue weighted by atomic mass is 10.2. The standard InChI is InChI=1S/C17H19ClN2O2/c1-3-10-19-17(21)20-14-6-9-16(12(2)11-14)22-15-7-4-13(18)5-8-15/h4-9,11H,3,10H2,1-2H3,(H2,19,20,21). The summed E-state index contributed by atoms with van der Waals surface area (Å²) in [6.45, 7) is 4.59. The fourth-order valence-electron chi connectivity index (χ4n) is 1.89. The van der Waals surface area contributed by atoms with Crippen molar-refractivity contribution in [3.8, 4) is 11.5 Å². The molecule has 22 heavy (non-hydrogen) atoms. The lowest BCUT2D eigenvalue weighted by Crippen LogP contribution is -2.29. The van der Waals surface area contributed by atoms with Crippen LogP contribution in [0.2, 0.25) is 5.02 Å². The minimum atomic E-state index is -0.201. The number of urea groups is 1. The lowest BCUT2D eigenvalue weighted by molar-refractivity contribution is 0.252. The number of amides is 2. The number of aryl methyl sites for hydroxylation is 1. The van der Waals surface area contributed by atoms with Crippen LogP contribution >= 0.6 is 11.6 Å². The van der Waals surface area contributed by atoms with Crippen molar-refractivity contribution in [1.29, 1.82) is 0 Å². The largest absolute Gasteiger partial charge is 0.457 e. The van der Waals surface area contributed by atoms with Crippen molar-refractivity contribution in [2.45, 2.75) is 20.3 Å². The molecule has 0 fully saturated rings. The van der Waals surface area contributed by atoms with Gasteiger partial charge < -0.3 is 15.4 Å². The molecule has 0 saturated carbocycles. The Morgan fingerprint density at radius 2 is 1.91 bits per heavy atom. The monoisotopic (exact) mass is 318 g/mol. The van der Waals surface area contributed by atoms with Gasteiger partial charge in [0.2, 0.25) is 0 Å². The number of rotatable bonds is 5. The van der Waals surface area contributed by atoms with Gasteiger partial charge in [0.25, 0.3) is 0 Å². The SMILES string of the molecule is CCCNC(=O)Nc1ccc(Oc2ccc(Cl)cc2)c(C)c1. The van der Waals surface area contributed by atoms with E-state index in [0.29, 0.717) is 17.3 Å². The van der Waals surface area contributed by atoms with E-state index in [2.05, 4.69) is 10.6 Å². The number of nitrogens with one attached hydrogen (secondary N) is 2. The number of ether oxygens (including phenoxy) is 1. The molecule has 0 aliphatic heterocycles. The predicted octanol–water partition coefficient (Wildman–Crippen LogP) is 4.97. The summed E-state index contributed by atoms with van der Waals surface area (Å²) in [6, 6.07) is 12.5. The van der Waals surface area contributed by atoms with Gasteiger partial charge in [-0.25, -0.2) is 4.79 Å². The van der Waals surface area contributed by atoms with Crippen LogP contribution in [-0.4, -0.2) is 12.6 Å². The summed E-state index contributed by atoms with van der Waals surface area (Å²) in [5.74, 6) is 1.45. The number of anilines is 1. The number of hydrogen-bond acceptors (Lipinski definition) is 2. The van der Waals surface area contributed by atoms with E-state index < -0.39 is 0 Å². The topological polar surface area (TPSA) is 50.4 Å². The highest BCUT2D eigenvalue weighted by molar-refractivity contribution is 6.30. The van der Waals surface area contributed by atoms with Gasteiger partial charge in [-0.3, -0.25) is 0 Å². The Kier molecular flexibility index (Phi) is 5.67. The maximum absolute atomic E-state index is 11.6. The maximum atomic E-state index is 11.6. The summed E-state index contributed by atoms with van der Waals surface area (Å²) in [4.78, 5) is 11.6. The number of halogens is 1. The summed E-state index contributed by atoms with van der Waals surface area (Å²) >= 11 is 5.85. The first kappa shape index (κ1) is 16.2. The molecule has 2 aromatic rings. The summed E-state index contributed by atoms with van der Waals surface area (Å²) < 4.78 is 5.80. The van der Waals surface area contributed by atoms with Crippen molar-refractivity contribution in [3.05, 3.63) is 53.1 Å². The molecule has 0 aromatic heterocycles. The zero-order valence-electron chi connectivity index (χ0n) is 12.7. The van der Waals surface area contributed by atoms with E-state index in [0.717, 1.165) is 23.4 Å². The highest BCUT2D eigenvalue weighted by atomic mass is 35.5. The minimum Gasteiger partial charge on any atom is -0.457 e. The molecule has 0 heterocycles. The molecule has 0 aliphatic carbocycles. The molecule has 116 valence electrons. The van der Waals surface area contributed by atoms with Crippen molar-refractivity contribution in [3.63, 3.8) is 0 Å². The molecule has 2 N–H and O–H groups in total. The molecule has 0 radical (unpaired) electrons. The second-order valence-corrected chi connectivity index (χ2v) is 5.35. The molecule has 0 atom stereocenters. The number of hydrogen-bond donors (Lipinski definition) is 2. The van der Waals surface area contributed by atoms with E-state index in [1.54, 1.807) is 12.1 Å². The molecular weight excluding hydrogens is 300 g/mol. The van der Waals surface area contributed by atoms with Gasteiger partial charge in [0.15, 0.2) is 0 Å². The molecule has 0 aliphatic rings. The van der Waals surface area contributed by atoms with Gasteiger partial charge in [-0.1, -0.05) is 18.5 Å². The third-order valence-corrected chi connectivity index (χ3v) is 3.26. The van der Waals surface area contributed by atoms with E-state index in [1.807, 2.05) is 44.2 Å². The molecule has 0 spiro atoms. The Bertz CT molecular complexity index is 642. The Labute approximate surface area is 135 Å². The Balaban J connectivity index is 2.03. The molecule has 5 heteroatoms. The molecule has 2 amide bonds. The third-order valence-electron chi connectivity index (χ3n) is 3.01. The second kappa shape index (κ2) is 7.71. The van der Waals surface area contributed by atoms with Crippen LogP contribution in [0.3, 0.4) is 0 Å². The van der Waals surface area contributed by atoms with Crippen LogP contribution < -0.4 is 15.4 Å². The normalized spacial score (nSPS) is 10.1. The van der Waals surface area contributed by atoms with E-state index in [4.69, 9.17) is 16.3 Å². The van der Waals surface area contributed by atoms with Crippen molar-refractivity contribution in [2.24, 2.45) is 0 Å². The smallest absolute Gasteiger partial charge is 0.319 e. The molecule has 0 unspecified atom stereocenters. The Morgan fingerprint density at radius 3 is 2.55 bits per heavy atom. The van der Waals surface area contributed by atoms with Crippen molar-refractivity contribution >= 4 is 23.3 Å². The van der Waals surface area contributed by atoms with Crippen LogP contribution in [0.5, 0.6) is 11.5 Å². The lowest BCUT2D eigenvalue weighted by Gasteiger charge is -2.11. The van der Waals surface area contributed by atoms with Gasteiger partial charge in [-0.15, -0.1) is 0 Å². The highest BCUT2D eigenvalue weighted by Crippen LogP contribution is 2.28. The van der Waals surface area contributed by atoms with Crippen molar-refractivity contribution in [1.82, 2.24) is 5.32 Å². The van der Waals surface area contributed by atoms with Crippen LogP contribution in [0.15, 0.2) is 42.5 Å². The van der Waals surface area contributed by atoms with Gasteiger partial charge >= 0.3 is 6.03 Å². The van der Waals surface area contributed by atoms with Gasteiger partial charge in [0, 0.05) is 17.3 Å². The first-order valence-corrected chi connectivity index (χ1v) is 7.55. The first-order valence-electron chi connectivity index (χ1n) is 7.17. The Morgan fingerprint density at radius 1 is 1.18 bits per heavy atom. The summed E-state index contributed by atoms with van der Waals surface area (Å²) in [5.41, 5.74) is 1.66. The molecule has 0 saturated heterocycles. The average molecular weight is 319 g/mol. The molecule has 4 nitrogen and oxygen atoms in total. The summed E-state index contributed by atoms with van der Waals surface area (Å²) in [6.07, 6.45) is 0.903. The van der Waals surface area contributed by atoms with Gasteiger partial charge in [0.1, 0.15) is 11.5 Å². The van der Waals surface area contributed by atoms with Gasteiger partial charge in [-0.05, 0) is 61.4 Å². The van der Waals surface area contributed by atoms with Gasteiger partial charge in [0.05, 0.1) is 0 Å². The second-order valence-electron chi connectivity index (χ2n) is 4.92. The first-order chi connectivity index (χ1) is 10.6. The number of carbonyl (C=O) groups excluding carboxylic acids is 1. The molecule has 2 rings (SSSR count). The molecular formula is C17H19ClN2O2.